The lowest BCUT2D eigenvalue weighted by atomic mass is 10.2. The molecule has 1 N–H and O–H groups in total. The Morgan fingerprint density at radius 2 is 1.96 bits per heavy atom. The average Bonchev–Trinajstić information content (AvgIpc) is 2.97. The second kappa shape index (κ2) is 9.58. The van der Waals surface area contributed by atoms with E-state index >= 15 is 0 Å². The van der Waals surface area contributed by atoms with E-state index in [1.807, 2.05) is 25.1 Å². The Morgan fingerprint density at radius 1 is 1.24 bits per heavy atom. The lowest BCUT2D eigenvalue weighted by molar-refractivity contribution is -0.118. The highest BCUT2D eigenvalue weighted by molar-refractivity contribution is 7.99. The molecule has 1 aromatic heterocycles. The van der Waals surface area contributed by atoms with E-state index in [-0.39, 0.29) is 11.9 Å². The summed E-state index contributed by atoms with van der Waals surface area (Å²) in [7, 11) is 4.11. The molecule has 1 amide bonds. The predicted molar refractivity (Wildman–Crippen MR) is 102 cm³/mol. The molecule has 25 heavy (non-hydrogen) atoms. The van der Waals surface area contributed by atoms with Crippen LogP contribution in [0.3, 0.4) is 0 Å². The first-order valence-electron chi connectivity index (χ1n) is 8.59. The number of rotatable bonds is 9. The van der Waals surface area contributed by atoms with E-state index in [0.717, 1.165) is 17.4 Å². The maximum atomic E-state index is 11.8. The van der Waals surface area contributed by atoms with Crippen molar-refractivity contribution >= 4 is 17.7 Å². The molecule has 1 aromatic carbocycles. The molecule has 0 saturated heterocycles. The standard InChI is InChI=1S/C18H27N5OS/c1-5-15(22(3)4)17-20-21-18(25-13-16(24)19-6-2)23(17)12-14-10-8-7-9-11-14/h7-11,15H,5-6,12-13H2,1-4H3,(H,19,24). The van der Waals surface area contributed by atoms with E-state index in [2.05, 4.69) is 58.1 Å². The van der Waals surface area contributed by atoms with Crippen molar-refractivity contribution in [3.05, 3.63) is 41.7 Å². The van der Waals surface area contributed by atoms with Crippen LogP contribution in [0.4, 0.5) is 0 Å². The molecule has 0 saturated carbocycles. The fourth-order valence-electron chi connectivity index (χ4n) is 2.72. The van der Waals surface area contributed by atoms with Gasteiger partial charge < -0.3 is 9.88 Å². The zero-order chi connectivity index (χ0) is 18.2. The molecule has 0 fully saturated rings. The molecule has 0 bridgehead atoms. The second-order valence-corrected chi connectivity index (χ2v) is 6.98. The number of carbonyl (C=O) groups excluding carboxylic acids is 1. The van der Waals surface area contributed by atoms with Gasteiger partial charge in [-0.25, -0.2) is 0 Å². The first kappa shape index (κ1) is 19.5. The third-order valence-corrected chi connectivity index (χ3v) is 4.91. The van der Waals surface area contributed by atoms with Crippen LogP contribution in [0.15, 0.2) is 35.5 Å². The number of benzene rings is 1. The van der Waals surface area contributed by atoms with Gasteiger partial charge in [-0.1, -0.05) is 49.0 Å². The van der Waals surface area contributed by atoms with E-state index in [9.17, 15) is 4.79 Å². The molecule has 136 valence electrons. The van der Waals surface area contributed by atoms with Crippen LogP contribution in [-0.4, -0.2) is 52.0 Å². The molecule has 6 nitrogen and oxygen atoms in total. The Hall–Kier alpha value is -1.86. The number of aromatic nitrogens is 3. The minimum atomic E-state index is 0.0166. The Morgan fingerprint density at radius 3 is 2.56 bits per heavy atom. The van der Waals surface area contributed by atoms with Crippen molar-refractivity contribution in [1.29, 1.82) is 0 Å². The van der Waals surface area contributed by atoms with Crippen molar-refractivity contribution in [2.45, 2.75) is 38.0 Å². The molecular formula is C18H27N5OS. The summed E-state index contributed by atoms with van der Waals surface area (Å²) in [5.41, 5.74) is 1.19. The Balaban J connectivity index is 2.28. The summed E-state index contributed by atoms with van der Waals surface area (Å²) in [6.45, 7) is 5.40. The smallest absolute Gasteiger partial charge is 0.230 e. The number of thioether (sulfide) groups is 1. The summed E-state index contributed by atoms with van der Waals surface area (Å²) in [6, 6.07) is 10.5. The first-order valence-corrected chi connectivity index (χ1v) is 9.58. The van der Waals surface area contributed by atoms with Crippen LogP contribution in [-0.2, 0) is 11.3 Å². The van der Waals surface area contributed by atoms with Gasteiger partial charge in [-0.3, -0.25) is 9.69 Å². The van der Waals surface area contributed by atoms with E-state index < -0.39 is 0 Å². The Bertz CT molecular complexity index is 671. The molecular weight excluding hydrogens is 334 g/mol. The molecule has 0 aliphatic carbocycles. The molecule has 1 heterocycles. The summed E-state index contributed by atoms with van der Waals surface area (Å²) in [4.78, 5) is 13.9. The summed E-state index contributed by atoms with van der Waals surface area (Å²) in [5, 5.41) is 12.4. The highest BCUT2D eigenvalue weighted by Crippen LogP contribution is 2.26. The highest BCUT2D eigenvalue weighted by Gasteiger charge is 2.22. The summed E-state index contributed by atoms with van der Waals surface area (Å²) in [5.74, 6) is 1.30. The largest absolute Gasteiger partial charge is 0.356 e. The van der Waals surface area contributed by atoms with Crippen LogP contribution in [0, 0.1) is 0 Å². The van der Waals surface area contributed by atoms with Crippen LogP contribution >= 0.6 is 11.8 Å². The van der Waals surface area contributed by atoms with Crippen molar-refractivity contribution in [2.24, 2.45) is 0 Å². The van der Waals surface area contributed by atoms with Crippen molar-refractivity contribution in [1.82, 2.24) is 25.0 Å². The molecule has 0 aliphatic heterocycles. The topological polar surface area (TPSA) is 63.1 Å². The zero-order valence-electron chi connectivity index (χ0n) is 15.4. The molecule has 0 spiro atoms. The monoisotopic (exact) mass is 361 g/mol. The third kappa shape index (κ3) is 5.31. The predicted octanol–water partition coefficient (Wildman–Crippen LogP) is 2.57. The van der Waals surface area contributed by atoms with Crippen LogP contribution in [0.2, 0.25) is 0 Å². The highest BCUT2D eigenvalue weighted by atomic mass is 32.2. The van der Waals surface area contributed by atoms with Gasteiger partial charge in [0.25, 0.3) is 0 Å². The summed E-state index contributed by atoms with van der Waals surface area (Å²) in [6.07, 6.45) is 0.945. The van der Waals surface area contributed by atoms with Gasteiger partial charge in [-0.2, -0.15) is 0 Å². The first-order chi connectivity index (χ1) is 12.1. The van der Waals surface area contributed by atoms with E-state index in [1.54, 1.807) is 0 Å². The van der Waals surface area contributed by atoms with Crippen LogP contribution in [0.25, 0.3) is 0 Å². The van der Waals surface area contributed by atoms with Gasteiger partial charge >= 0.3 is 0 Å². The fraction of sp³-hybridized carbons (Fsp3) is 0.500. The number of hydrogen-bond acceptors (Lipinski definition) is 5. The molecule has 1 atom stereocenters. The van der Waals surface area contributed by atoms with Crippen LogP contribution < -0.4 is 5.32 Å². The number of hydrogen-bond donors (Lipinski definition) is 1. The van der Waals surface area contributed by atoms with Gasteiger partial charge in [0.1, 0.15) is 0 Å². The van der Waals surface area contributed by atoms with E-state index in [0.29, 0.717) is 18.8 Å². The van der Waals surface area contributed by atoms with E-state index in [1.165, 1.54) is 17.3 Å². The quantitative estimate of drug-likeness (QED) is 0.696. The fourth-order valence-corrected chi connectivity index (χ4v) is 3.50. The number of nitrogens with zero attached hydrogens (tertiary/aromatic N) is 4. The average molecular weight is 362 g/mol. The number of nitrogens with one attached hydrogen (secondary N) is 1. The van der Waals surface area contributed by atoms with Crippen LogP contribution in [0.5, 0.6) is 0 Å². The minimum absolute atomic E-state index is 0.0166. The van der Waals surface area contributed by atoms with Gasteiger partial charge in [-0.15, -0.1) is 10.2 Å². The van der Waals surface area contributed by atoms with Crippen molar-refractivity contribution in [3.63, 3.8) is 0 Å². The van der Waals surface area contributed by atoms with Crippen molar-refractivity contribution in [2.75, 3.05) is 26.4 Å². The van der Waals surface area contributed by atoms with Gasteiger partial charge in [0.15, 0.2) is 11.0 Å². The van der Waals surface area contributed by atoms with Crippen LogP contribution in [0.1, 0.15) is 37.7 Å². The van der Waals surface area contributed by atoms with Crippen molar-refractivity contribution < 1.29 is 4.79 Å². The third-order valence-electron chi connectivity index (χ3n) is 3.94. The summed E-state index contributed by atoms with van der Waals surface area (Å²) >= 11 is 1.43. The van der Waals surface area contributed by atoms with E-state index in [4.69, 9.17) is 0 Å². The van der Waals surface area contributed by atoms with Crippen molar-refractivity contribution in [3.8, 4) is 0 Å². The molecule has 2 aromatic rings. The molecule has 0 radical (unpaired) electrons. The lowest BCUT2D eigenvalue weighted by Crippen LogP contribution is -2.25. The van der Waals surface area contributed by atoms with Gasteiger partial charge in [0.05, 0.1) is 18.3 Å². The molecule has 1 unspecified atom stereocenters. The Labute approximate surface area is 154 Å². The number of carbonyl (C=O) groups is 1. The molecule has 7 heteroatoms. The SMILES string of the molecule is CCNC(=O)CSc1nnc(C(CC)N(C)C)n1Cc1ccccc1. The Kier molecular flexibility index (Phi) is 7.46. The zero-order valence-corrected chi connectivity index (χ0v) is 16.2. The van der Waals surface area contributed by atoms with Gasteiger partial charge in [0, 0.05) is 6.54 Å². The lowest BCUT2D eigenvalue weighted by Gasteiger charge is -2.23. The minimum Gasteiger partial charge on any atom is -0.356 e. The molecule has 0 aliphatic rings. The maximum Gasteiger partial charge on any atom is 0.230 e. The molecule has 2 rings (SSSR count). The van der Waals surface area contributed by atoms with Gasteiger partial charge in [0.2, 0.25) is 5.91 Å². The number of amides is 1. The summed E-state index contributed by atoms with van der Waals surface area (Å²) < 4.78 is 2.13. The normalized spacial score (nSPS) is 12.4. The maximum absolute atomic E-state index is 11.8. The second-order valence-electron chi connectivity index (χ2n) is 6.04. The van der Waals surface area contributed by atoms with Gasteiger partial charge in [-0.05, 0) is 33.0 Å².